The fourth-order valence-corrected chi connectivity index (χ4v) is 2.62. The minimum Gasteiger partial charge on any atom is -0.414 e. The topological polar surface area (TPSA) is 63.3 Å². The van der Waals surface area contributed by atoms with E-state index in [0.717, 1.165) is 28.8 Å². The van der Waals surface area contributed by atoms with Crippen molar-refractivity contribution in [3.8, 4) is 0 Å². The van der Waals surface area contributed by atoms with Crippen molar-refractivity contribution >= 4 is 33.4 Å². The molecule has 0 saturated heterocycles. The first-order chi connectivity index (χ1) is 10.7. The Morgan fingerprint density at radius 2 is 2.36 bits per heavy atom. The Kier molecular flexibility index (Phi) is 6.92. The third-order valence-electron chi connectivity index (χ3n) is 2.96. The summed E-state index contributed by atoms with van der Waals surface area (Å²) in [6, 6.07) is 0. The molecule has 1 aromatic heterocycles. The van der Waals surface area contributed by atoms with Crippen LogP contribution < -0.4 is 5.43 Å². The molecule has 0 bridgehead atoms. The molecule has 1 N–H and O–H groups in total. The lowest BCUT2D eigenvalue weighted by atomic mass is 10.1. The molecule has 5 nitrogen and oxygen atoms in total. The minimum atomic E-state index is 0.414. The quantitative estimate of drug-likeness (QED) is 0.434. The van der Waals surface area contributed by atoms with E-state index in [0.29, 0.717) is 17.7 Å². The van der Waals surface area contributed by atoms with Gasteiger partial charge in [0.15, 0.2) is 0 Å². The fraction of sp³-hybridized carbons (Fsp3) is 0.400. The molecule has 0 atom stereocenters. The molecule has 1 aliphatic carbocycles. The van der Waals surface area contributed by atoms with Gasteiger partial charge in [-0.1, -0.05) is 36.1 Å². The predicted octanol–water partition coefficient (Wildman–Crippen LogP) is 4.20. The van der Waals surface area contributed by atoms with Gasteiger partial charge in [0.05, 0.1) is 5.71 Å². The second-order valence-electron chi connectivity index (χ2n) is 4.68. The van der Waals surface area contributed by atoms with Gasteiger partial charge in [0.1, 0.15) is 6.54 Å². The van der Waals surface area contributed by atoms with Crippen molar-refractivity contribution in [2.24, 2.45) is 5.10 Å². The molecule has 118 valence electrons. The summed E-state index contributed by atoms with van der Waals surface area (Å²) in [7, 11) is 0. The maximum Gasteiger partial charge on any atom is 0.276 e. The summed E-state index contributed by atoms with van der Waals surface area (Å²) in [5.74, 6) is 1.39. The summed E-state index contributed by atoms with van der Waals surface area (Å²) >= 11 is 4.97. The fourth-order valence-electron chi connectivity index (χ4n) is 1.78. The molecular formula is C15H19BrN4OS. The van der Waals surface area contributed by atoms with E-state index in [1.807, 2.05) is 19.9 Å². The number of thioether (sulfide) groups is 1. The molecule has 0 aliphatic heterocycles. The molecular weight excluding hydrogens is 364 g/mol. The first-order valence-corrected chi connectivity index (χ1v) is 8.87. The monoisotopic (exact) mass is 382 g/mol. The molecule has 1 heterocycles. The Bertz CT molecular complexity index is 619. The average molecular weight is 383 g/mol. The van der Waals surface area contributed by atoms with Gasteiger partial charge in [-0.05, 0) is 48.2 Å². The van der Waals surface area contributed by atoms with Crippen molar-refractivity contribution in [3.05, 3.63) is 40.3 Å². The summed E-state index contributed by atoms with van der Waals surface area (Å²) in [4.78, 5) is 0. The molecule has 0 amide bonds. The van der Waals surface area contributed by atoms with E-state index in [1.165, 1.54) is 5.57 Å². The highest BCUT2D eigenvalue weighted by molar-refractivity contribution is 9.12. The van der Waals surface area contributed by atoms with Crippen LogP contribution >= 0.6 is 27.7 Å². The van der Waals surface area contributed by atoms with E-state index in [4.69, 9.17) is 4.42 Å². The lowest BCUT2D eigenvalue weighted by Crippen LogP contribution is -2.08. The molecule has 2 rings (SSSR count). The molecule has 0 unspecified atom stereocenters. The van der Waals surface area contributed by atoms with E-state index < -0.39 is 0 Å². The van der Waals surface area contributed by atoms with Crippen molar-refractivity contribution in [2.75, 3.05) is 5.75 Å². The summed E-state index contributed by atoms with van der Waals surface area (Å²) < 4.78 is 6.53. The minimum absolute atomic E-state index is 0.414. The smallest absolute Gasteiger partial charge is 0.276 e. The molecule has 0 spiro atoms. The Morgan fingerprint density at radius 1 is 1.50 bits per heavy atom. The van der Waals surface area contributed by atoms with Crippen LogP contribution in [-0.2, 0) is 6.54 Å². The number of nitrogens with zero attached hydrogens (tertiary/aromatic N) is 3. The van der Waals surface area contributed by atoms with Gasteiger partial charge in [0.2, 0.25) is 5.89 Å². The van der Waals surface area contributed by atoms with Crippen LogP contribution in [0.4, 0.5) is 0 Å². The highest BCUT2D eigenvalue weighted by Gasteiger charge is 2.07. The Balaban J connectivity index is 1.79. The van der Waals surface area contributed by atoms with E-state index in [2.05, 4.69) is 54.9 Å². The van der Waals surface area contributed by atoms with Crippen molar-refractivity contribution in [1.29, 1.82) is 0 Å². The van der Waals surface area contributed by atoms with E-state index >= 15 is 0 Å². The van der Waals surface area contributed by atoms with Gasteiger partial charge in [0, 0.05) is 10.2 Å². The molecule has 0 fully saturated rings. The van der Waals surface area contributed by atoms with Crippen molar-refractivity contribution in [1.82, 2.24) is 15.6 Å². The van der Waals surface area contributed by atoms with Crippen LogP contribution in [0.1, 0.15) is 32.6 Å². The molecule has 0 aromatic carbocycles. The summed E-state index contributed by atoms with van der Waals surface area (Å²) in [5.41, 5.74) is 5.10. The number of allylic oxidation sites excluding steroid dienone is 5. The zero-order valence-corrected chi connectivity index (χ0v) is 15.1. The van der Waals surface area contributed by atoms with E-state index in [1.54, 1.807) is 11.8 Å². The molecule has 1 aliphatic rings. The van der Waals surface area contributed by atoms with Crippen LogP contribution in [0.25, 0.3) is 0 Å². The first-order valence-electron chi connectivity index (χ1n) is 7.09. The largest absolute Gasteiger partial charge is 0.414 e. The van der Waals surface area contributed by atoms with Gasteiger partial charge < -0.3 is 9.84 Å². The number of halogens is 1. The molecule has 0 saturated carbocycles. The highest BCUT2D eigenvalue weighted by Crippen LogP contribution is 2.21. The van der Waals surface area contributed by atoms with Gasteiger partial charge in [-0.2, -0.15) is 5.10 Å². The number of hydrogen-bond donors (Lipinski definition) is 1. The highest BCUT2D eigenvalue weighted by atomic mass is 79.9. The first kappa shape index (κ1) is 17.0. The van der Waals surface area contributed by atoms with Gasteiger partial charge in [-0.15, -0.1) is 10.2 Å². The summed E-state index contributed by atoms with van der Waals surface area (Å²) in [6.45, 7) is 4.27. The summed E-state index contributed by atoms with van der Waals surface area (Å²) in [6.07, 6.45) is 10.8. The van der Waals surface area contributed by atoms with Crippen molar-refractivity contribution in [2.45, 2.75) is 38.5 Å². The van der Waals surface area contributed by atoms with Crippen LogP contribution in [0.3, 0.4) is 0 Å². The van der Waals surface area contributed by atoms with Gasteiger partial charge in [-0.3, -0.25) is 0 Å². The third-order valence-corrected chi connectivity index (χ3v) is 4.88. The second-order valence-corrected chi connectivity index (χ2v) is 6.46. The number of hydrazone groups is 1. The van der Waals surface area contributed by atoms with Crippen molar-refractivity contribution < 1.29 is 4.42 Å². The van der Waals surface area contributed by atoms with E-state index in [9.17, 15) is 0 Å². The van der Waals surface area contributed by atoms with Crippen LogP contribution in [0.15, 0.2) is 49.1 Å². The number of hydrogen-bond acceptors (Lipinski definition) is 6. The molecule has 22 heavy (non-hydrogen) atoms. The molecule has 7 heteroatoms. The maximum atomic E-state index is 5.57. The third kappa shape index (κ3) is 5.46. The Morgan fingerprint density at radius 3 is 3.09 bits per heavy atom. The van der Waals surface area contributed by atoms with Crippen LogP contribution in [0.2, 0.25) is 0 Å². The predicted molar refractivity (Wildman–Crippen MR) is 94.1 cm³/mol. The lowest BCUT2D eigenvalue weighted by molar-refractivity contribution is 0.402. The normalized spacial score (nSPS) is 15.9. The molecule has 1 aromatic rings. The SMILES string of the molecule is C/C=C(Br)/C(C)=N\NCc1nnc(SCC2=CCCC=C2)o1. The maximum absolute atomic E-state index is 5.57. The lowest BCUT2D eigenvalue weighted by Gasteiger charge is -2.03. The summed E-state index contributed by atoms with van der Waals surface area (Å²) in [5, 5.41) is 12.9. The van der Waals surface area contributed by atoms with Crippen LogP contribution in [0, 0.1) is 0 Å². The van der Waals surface area contributed by atoms with E-state index in [-0.39, 0.29) is 0 Å². The zero-order chi connectivity index (χ0) is 15.8. The Labute approximate surface area is 143 Å². The van der Waals surface area contributed by atoms with Crippen molar-refractivity contribution in [3.63, 3.8) is 0 Å². The average Bonchev–Trinajstić information content (AvgIpc) is 3.01. The second kappa shape index (κ2) is 8.95. The zero-order valence-electron chi connectivity index (χ0n) is 12.7. The number of aromatic nitrogens is 2. The van der Waals surface area contributed by atoms with Crippen LogP contribution in [0.5, 0.6) is 0 Å². The number of nitrogens with one attached hydrogen (secondary N) is 1. The van der Waals surface area contributed by atoms with Gasteiger partial charge >= 0.3 is 0 Å². The molecule has 0 radical (unpaired) electrons. The number of rotatable bonds is 7. The van der Waals surface area contributed by atoms with Gasteiger partial charge in [-0.25, -0.2) is 0 Å². The van der Waals surface area contributed by atoms with Gasteiger partial charge in [0.25, 0.3) is 5.22 Å². The van der Waals surface area contributed by atoms with Crippen LogP contribution in [-0.4, -0.2) is 21.7 Å². The standard InChI is InChI=1S/C15H19BrN4OS/c1-3-13(16)11(2)18-17-9-14-19-20-15(21-14)22-10-12-7-5-4-6-8-12/h3,5,7-8,17H,4,6,9-10H2,1-2H3/b13-3-,18-11-. The Hall–Kier alpha value is -1.34.